The van der Waals surface area contributed by atoms with E-state index in [2.05, 4.69) is 21.2 Å². The Morgan fingerprint density at radius 1 is 1.14 bits per heavy atom. The summed E-state index contributed by atoms with van der Waals surface area (Å²) in [5.74, 6) is -0.0792. The average Bonchev–Trinajstić information content (AvgIpc) is 2.79. The van der Waals surface area contributed by atoms with Gasteiger partial charge in [-0.25, -0.2) is 8.42 Å². The lowest BCUT2D eigenvalue weighted by atomic mass is 10.1. The van der Waals surface area contributed by atoms with Crippen LogP contribution in [0.2, 0.25) is 5.02 Å². The summed E-state index contributed by atoms with van der Waals surface area (Å²) in [6.07, 6.45) is 1.41. The summed E-state index contributed by atoms with van der Waals surface area (Å²) in [6.45, 7) is 7.65. The van der Waals surface area contributed by atoms with Crippen molar-refractivity contribution in [2.45, 2.75) is 58.7 Å². The van der Waals surface area contributed by atoms with Crippen LogP contribution in [-0.4, -0.2) is 56.6 Å². The van der Waals surface area contributed by atoms with E-state index in [4.69, 9.17) is 16.3 Å². The van der Waals surface area contributed by atoms with E-state index in [1.807, 2.05) is 45.0 Å². The molecule has 2 amide bonds. The molecule has 2 aromatic rings. The van der Waals surface area contributed by atoms with E-state index >= 15 is 0 Å². The van der Waals surface area contributed by atoms with Crippen molar-refractivity contribution in [1.82, 2.24) is 10.2 Å². The molecule has 0 unspecified atom stereocenters. The maximum Gasteiger partial charge on any atom is 0.242 e. The van der Waals surface area contributed by atoms with Gasteiger partial charge in [-0.15, -0.1) is 0 Å². The number of nitrogens with zero attached hydrogens (tertiary/aromatic N) is 2. The number of benzene rings is 2. The minimum Gasteiger partial charge on any atom is -0.495 e. The first-order valence-electron chi connectivity index (χ1n) is 11.8. The number of rotatable bonds is 11. The van der Waals surface area contributed by atoms with E-state index in [1.165, 1.54) is 22.4 Å². The SMILES string of the molecule is COc1ccc(N(CCCC(=O)N(Cc2ccc(Br)cc2)[C@H](C)C(=O)NC(C)(C)C)S(C)(=O)=O)cc1Cl. The lowest BCUT2D eigenvalue weighted by Gasteiger charge is -2.32. The average molecular weight is 617 g/mol. The molecule has 0 saturated heterocycles. The first kappa shape index (κ1) is 30.9. The van der Waals surface area contributed by atoms with Crippen LogP contribution in [0, 0.1) is 0 Å². The van der Waals surface area contributed by atoms with Crippen LogP contribution < -0.4 is 14.4 Å². The zero-order valence-corrected chi connectivity index (χ0v) is 25.2. The van der Waals surface area contributed by atoms with Crippen molar-refractivity contribution in [3.05, 3.63) is 57.5 Å². The molecular weight excluding hydrogens is 582 g/mol. The highest BCUT2D eigenvalue weighted by atomic mass is 79.9. The fourth-order valence-corrected chi connectivity index (χ4v) is 5.13. The second kappa shape index (κ2) is 13.0. The van der Waals surface area contributed by atoms with Crippen LogP contribution >= 0.6 is 27.5 Å². The van der Waals surface area contributed by atoms with Crippen molar-refractivity contribution in [3.63, 3.8) is 0 Å². The Hall–Kier alpha value is -2.30. The van der Waals surface area contributed by atoms with Gasteiger partial charge < -0.3 is 15.0 Å². The second-order valence-corrected chi connectivity index (χ2v) is 13.1. The van der Waals surface area contributed by atoms with Crippen LogP contribution in [0.1, 0.15) is 46.1 Å². The molecule has 0 aliphatic rings. The van der Waals surface area contributed by atoms with Crippen LogP contribution in [0.15, 0.2) is 46.9 Å². The van der Waals surface area contributed by atoms with E-state index in [0.29, 0.717) is 11.4 Å². The molecule has 0 aliphatic carbocycles. The smallest absolute Gasteiger partial charge is 0.242 e. The molecular formula is C26H35BrClN3O5S. The van der Waals surface area contributed by atoms with Gasteiger partial charge in [0.15, 0.2) is 0 Å². The number of ether oxygens (including phenoxy) is 1. The highest BCUT2D eigenvalue weighted by Gasteiger charge is 2.28. The van der Waals surface area contributed by atoms with Gasteiger partial charge in [0.05, 0.1) is 24.1 Å². The Bertz CT molecular complexity index is 1200. The maximum atomic E-state index is 13.4. The number of carbonyl (C=O) groups excluding carboxylic acids is 2. The largest absolute Gasteiger partial charge is 0.495 e. The molecule has 37 heavy (non-hydrogen) atoms. The van der Waals surface area contributed by atoms with Crippen molar-refractivity contribution >= 4 is 55.1 Å². The van der Waals surface area contributed by atoms with Gasteiger partial charge in [-0.2, -0.15) is 0 Å². The molecule has 0 radical (unpaired) electrons. The van der Waals surface area contributed by atoms with Gasteiger partial charge in [-0.1, -0.05) is 39.7 Å². The third-order valence-electron chi connectivity index (χ3n) is 5.51. The number of anilines is 1. The lowest BCUT2D eigenvalue weighted by molar-refractivity contribution is -0.141. The van der Waals surface area contributed by atoms with E-state index < -0.39 is 21.6 Å². The minimum atomic E-state index is -3.63. The van der Waals surface area contributed by atoms with Crippen LogP contribution in [-0.2, 0) is 26.2 Å². The number of sulfonamides is 1. The number of hydrogen-bond acceptors (Lipinski definition) is 5. The fraction of sp³-hybridized carbons (Fsp3) is 0.462. The Morgan fingerprint density at radius 3 is 2.27 bits per heavy atom. The number of methoxy groups -OCH3 is 1. The molecule has 0 heterocycles. The van der Waals surface area contributed by atoms with Gasteiger partial charge in [0, 0.05) is 29.5 Å². The Labute approximate surface area is 233 Å². The van der Waals surface area contributed by atoms with Crippen LogP contribution in [0.3, 0.4) is 0 Å². The molecule has 8 nitrogen and oxygen atoms in total. The monoisotopic (exact) mass is 615 g/mol. The number of halogens is 2. The van der Waals surface area contributed by atoms with E-state index in [-0.39, 0.29) is 42.8 Å². The summed E-state index contributed by atoms with van der Waals surface area (Å²) in [5.41, 5.74) is 0.802. The molecule has 11 heteroatoms. The Morgan fingerprint density at radius 2 is 1.76 bits per heavy atom. The fourth-order valence-electron chi connectivity index (χ4n) is 3.66. The molecule has 0 aromatic heterocycles. The van der Waals surface area contributed by atoms with Crippen molar-refractivity contribution in [2.75, 3.05) is 24.2 Å². The highest BCUT2D eigenvalue weighted by molar-refractivity contribution is 9.10. The van der Waals surface area contributed by atoms with Crippen molar-refractivity contribution < 1.29 is 22.7 Å². The second-order valence-electron chi connectivity index (χ2n) is 9.82. The van der Waals surface area contributed by atoms with Gasteiger partial charge >= 0.3 is 0 Å². The van der Waals surface area contributed by atoms with Gasteiger partial charge in [0.25, 0.3) is 0 Å². The number of nitrogens with one attached hydrogen (secondary N) is 1. The normalized spacial score (nSPS) is 12.5. The molecule has 0 fully saturated rings. The van der Waals surface area contributed by atoms with Gasteiger partial charge in [0.2, 0.25) is 21.8 Å². The summed E-state index contributed by atoms with van der Waals surface area (Å²) >= 11 is 9.61. The van der Waals surface area contributed by atoms with Crippen LogP contribution in [0.5, 0.6) is 5.75 Å². The maximum absolute atomic E-state index is 13.4. The lowest BCUT2D eigenvalue weighted by Crippen LogP contribution is -2.52. The topological polar surface area (TPSA) is 96.0 Å². The summed E-state index contributed by atoms with van der Waals surface area (Å²) in [7, 11) is -2.16. The van der Waals surface area contributed by atoms with E-state index in [0.717, 1.165) is 16.3 Å². The van der Waals surface area contributed by atoms with Crippen LogP contribution in [0.4, 0.5) is 5.69 Å². The van der Waals surface area contributed by atoms with Gasteiger partial charge in [-0.3, -0.25) is 13.9 Å². The number of amides is 2. The standard InChI is InChI=1S/C26H35BrClN3O5S/c1-18(25(33)29-26(2,3)4)30(17-19-9-11-20(27)12-10-19)24(32)8-7-15-31(37(6,34)35)21-13-14-23(36-5)22(28)16-21/h9-14,16,18H,7-8,15,17H2,1-6H3,(H,29,33)/t18-/m1/s1. The molecule has 0 bridgehead atoms. The van der Waals surface area contributed by atoms with E-state index in [1.54, 1.807) is 19.1 Å². The van der Waals surface area contributed by atoms with Crippen LogP contribution in [0.25, 0.3) is 0 Å². The summed E-state index contributed by atoms with van der Waals surface area (Å²) in [6, 6.07) is 11.5. The molecule has 2 aromatic carbocycles. The summed E-state index contributed by atoms with van der Waals surface area (Å²) in [4.78, 5) is 27.8. The van der Waals surface area contributed by atoms with Gasteiger partial charge in [0.1, 0.15) is 11.8 Å². The quantitative estimate of drug-likeness (QED) is 0.384. The third-order valence-corrected chi connectivity index (χ3v) is 7.53. The third kappa shape index (κ3) is 9.50. The molecule has 1 atom stereocenters. The summed E-state index contributed by atoms with van der Waals surface area (Å²) < 4.78 is 32.3. The Balaban J connectivity index is 2.20. The zero-order valence-electron chi connectivity index (χ0n) is 22.0. The molecule has 0 aliphatic heterocycles. The molecule has 0 saturated carbocycles. The zero-order chi connectivity index (χ0) is 28.0. The highest BCUT2D eigenvalue weighted by Crippen LogP contribution is 2.30. The van der Waals surface area contributed by atoms with E-state index in [9.17, 15) is 18.0 Å². The van der Waals surface area contributed by atoms with Crippen molar-refractivity contribution in [3.8, 4) is 5.75 Å². The first-order valence-corrected chi connectivity index (χ1v) is 14.8. The molecule has 2 rings (SSSR count). The predicted octanol–water partition coefficient (Wildman–Crippen LogP) is 4.99. The number of carbonyl (C=O) groups is 2. The minimum absolute atomic E-state index is 0.0551. The first-order chi connectivity index (χ1) is 17.1. The Kier molecular flexibility index (Phi) is 10.8. The molecule has 0 spiro atoms. The summed E-state index contributed by atoms with van der Waals surface area (Å²) in [5, 5.41) is 3.21. The number of hydrogen-bond donors (Lipinski definition) is 1. The van der Waals surface area contributed by atoms with Crippen molar-refractivity contribution in [2.24, 2.45) is 0 Å². The molecule has 1 N–H and O–H groups in total. The van der Waals surface area contributed by atoms with Crippen molar-refractivity contribution in [1.29, 1.82) is 0 Å². The van der Waals surface area contributed by atoms with Gasteiger partial charge in [-0.05, 0) is 70.0 Å². The molecule has 204 valence electrons. The predicted molar refractivity (Wildman–Crippen MR) is 151 cm³/mol.